The van der Waals surface area contributed by atoms with Crippen LogP contribution in [0, 0.1) is 5.92 Å². The zero-order valence-corrected chi connectivity index (χ0v) is 13.6. The van der Waals surface area contributed by atoms with Crippen LogP contribution in [-0.4, -0.2) is 63.8 Å². The van der Waals surface area contributed by atoms with Crippen molar-refractivity contribution in [2.24, 2.45) is 10.9 Å². The number of guanidine groups is 1. The molecule has 1 rings (SSSR count). The second-order valence-electron chi connectivity index (χ2n) is 5.79. The fraction of sp³-hybridized carbons (Fsp3) is 0.933. The molecule has 1 saturated heterocycles. The molecule has 0 aromatic carbocycles. The molecule has 5 nitrogen and oxygen atoms in total. The summed E-state index contributed by atoms with van der Waals surface area (Å²) >= 11 is 0. The van der Waals surface area contributed by atoms with Crippen LogP contribution in [0.4, 0.5) is 0 Å². The maximum Gasteiger partial charge on any atom is 0.191 e. The highest BCUT2D eigenvalue weighted by molar-refractivity contribution is 5.79. The highest BCUT2D eigenvalue weighted by Crippen LogP contribution is 2.17. The molecule has 1 fully saturated rings. The molecule has 1 unspecified atom stereocenters. The van der Waals surface area contributed by atoms with Gasteiger partial charge in [0.1, 0.15) is 0 Å². The van der Waals surface area contributed by atoms with Gasteiger partial charge in [0.05, 0.1) is 0 Å². The normalized spacial score (nSPS) is 19.9. The Balaban J connectivity index is 2.19. The predicted octanol–water partition coefficient (Wildman–Crippen LogP) is 1.31. The number of ether oxygens (including phenoxy) is 1. The standard InChI is InChI=1S/C15H32N4O/c1-13-6-9-19(10-7-13)14(2)12-18-15(16-3)17-8-5-11-20-4/h13-14H,5-12H2,1-4H3,(H2,16,17,18). The van der Waals surface area contributed by atoms with Gasteiger partial charge in [-0.3, -0.25) is 9.89 Å². The fourth-order valence-corrected chi connectivity index (χ4v) is 2.49. The molecule has 1 aliphatic rings. The van der Waals surface area contributed by atoms with E-state index in [1.807, 2.05) is 7.05 Å². The maximum absolute atomic E-state index is 5.04. The van der Waals surface area contributed by atoms with Gasteiger partial charge in [-0.15, -0.1) is 0 Å². The van der Waals surface area contributed by atoms with Crippen LogP contribution in [0.25, 0.3) is 0 Å². The van der Waals surface area contributed by atoms with E-state index < -0.39 is 0 Å². The lowest BCUT2D eigenvalue weighted by atomic mass is 9.98. The predicted molar refractivity (Wildman–Crippen MR) is 85.3 cm³/mol. The molecule has 5 heteroatoms. The SMILES string of the molecule is CN=C(NCCCOC)NCC(C)N1CCC(C)CC1. The number of hydrogen-bond donors (Lipinski definition) is 2. The minimum atomic E-state index is 0.556. The summed E-state index contributed by atoms with van der Waals surface area (Å²) in [5.41, 5.74) is 0. The number of hydrogen-bond acceptors (Lipinski definition) is 3. The van der Waals surface area contributed by atoms with Crippen LogP contribution >= 0.6 is 0 Å². The number of nitrogens with zero attached hydrogens (tertiary/aromatic N) is 2. The van der Waals surface area contributed by atoms with Crippen molar-refractivity contribution in [1.29, 1.82) is 0 Å². The summed E-state index contributed by atoms with van der Waals surface area (Å²) in [5.74, 6) is 1.78. The molecular formula is C15H32N4O. The van der Waals surface area contributed by atoms with Gasteiger partial charge in [0, 0.05) is 39.9 Å². The number of methoxy groups -OCH3 is 1. The average Bonchev–Trinajstić information content (AvgIpc) is 2.47. The minimum absolute atomic E-state index is 0.556. The lowest BCUT2D eigenvalue weighted by Crippen LogP contribution is -2.48. The molecule has 0 amide bonds. The lowest BCUT2D eigenvalue weighted by Gasteiger charge is -2.35. The van der Waals surface area contributed by atoms with Crippen molar-refractivity contribution in [1.82, 2.24) is 15.5 Å². The number of piperidine rings is 1. The monoisotopic (exact) mass is 284 g/mol. The van der Waals surface area contributed by atoms with Crippen LogP contribution in [0.15, 0.2) is 4.99 Å². The second-order valence-corrected chi connectivity index (χ2v) is 5.79. The minimum Gasteiger partial charge on any atom is -0.385 e. The van der Waals surface area contributed by atoms with Crippen molar-refractivity contribution in [3.05, 3.63) is 0 Å². The lowest BCUT2D eigenvalue weighted by molar-refractivity contribution is 0.147. The molecule has 0 bridgehead atoms. The van der Waals surface area contributed by atoms with Crippen LogP contribution in [0.2, 0.25) is 0 Å². The van der Waals surface area contributed by atoms with Crippen molar-refractivity contribution >= 4 is 5.96 Å². The molecule has 20 heavy (non-hydrogen) atoms. The van der Waals surface area contributed by atoms with Crippen molar-refractivity contribution < 1.29 is 4.74 Å². The molecule has 1 atom stereocenters. The smallest absolute Gasteiger partial charge is 0.191 e. The highest BCUT2D eigenvalue weighted by atomic mass is 16.5. The van der Waals surface area contributed by atoms with Gasteiger partial charge in [-0.05, 0) is 45.2 Å². The van der Waals surface area contributed by atoms with E-state index in [0.29, 0.717) is 6.04 Å². The van der Waals surface area contributed by atoms with Gasteiger partial charge >= 0.3 is 0 Å². The van der Waals surface area contributed by atoms with Crippen LogP contribution in [-0.2, 0) is 4.74 Å². The largest absolute Gasteiger partial charge is 0.385 e. The second kappa shape index (κ2) is 10.00. The Hall–Kier alpha value is -0.810. The summed E-state index contributed by atoms with van der Waals surface area (Å²) in [6.45, 7) is 9.72. The summed E-state index contributed by atoms with van der Waals surface area (Å²) < 4.78 is 5.04. The molecule has 1 heterocycles. The van der Waals surface area contributed by atoms with E-state index in [9.17, 15) is 0 Å². The number of nitrogens with one attached hydrogen (secondary N) is 2. The topological polar surface area (TPSA) is 48.9 Å². The Labute approximate surface area is 124 Å². The summed E-state index contributed by atoms with van der Waals surface area (Å²) in [7, 11) is 3.55. The van der Waals surface area contributed by atoms with E-state index in [4.69, 9.17) is 4.74 Å². The molecule has 0 spiro atoms. The Morgan fingerprint density at radius 1 is 1.35 bits per heavy atom. The first-order valence-corrected chi connectivity index (χ1v) is 7.84. The van der Waals surface area contributed by atoms with E-state index in [1.54, 1.807) is 7.11 Å². The maximum atomic E-state index is 5.04. The van der Waals surface area contributed by atoms with Gasteiger partial charge in [-0.2, -0.15) is 0 Å². The van der Waals surface area contributed by atoms with Gasteiger partial charge in [0.2, 0.25) is 0 Å². The molecule has 2 N–H and O–H groups in total. The molecule has 0 aliphatic carbocycles. The van der Waals surface area contributed by atoms with Crippen molar-refractivity contribution in [2.45, 2.75) is 39.2 Å². The first kappa shape index (κ1) is 17.2. The molecule has 0 saturated carbocycles. The molecular weight excluding hydrogens is 252 g/mol. The van der Waals surface area contributed by atoms with Crippen molar-refractivity contribution in [3.63, 3.8) is 0 Å². The molecule has 0 radical (unpaired) electrons. The van der Waals surface area contributed by atoms with Gasteiger partial charge in [-0.25, -0.2) is 0 Å². The third-order valence-electron chi connectivity index (χ3n) is 4.05. The fourth-order valence-electron chi connectivity index (χ4n) is 2.49. The first-order chi connectivity index (χ1) is 9.67. The first-order valence-electron chi connectivity index (χ1n) is 7.84. The third-order valence-corrected chi connectivity index (χ3v) is 4.05. The van der Waals surface area contributed by atoms with Crippen molar-refractivity contribution in [3.8, 4) is 0 Å². The van der Waals surface area contributed by atoms with Crippen LogP contribution in [0.5, 0.6) is 0 Å². The third kappa shape index (κ3) is 6.57. The summed E-state index contributed by atoms with van der Waals surface area (Å²) in [5, 5.41) is 6.72. The van der Waals surface area contributed by atoms with Gasteiger partial charge < -0.3 is 15.4 Å². The Bertz CT molecular complexity index is 275. The van der Waals surface area contributed by atoms with Gasteiger partial charge in [0.25, 0.3) is 0 Å². The average molecular weight is 284 g/mol. The van der Waals surface area contributed by atoms with E-state index >= 15 is 0 Å². The van der Waals surface area contributed by atoms with Crippen LogP contribution < -0.4 is 10.6 Å². The number of aliphatic imine (C=N–C) groups is 1. The van der Waals surface area contributed by atoms with E-state index in [0.717, 1.165) is 38.0 Å². The molecule has 1 aliphatic heterocycles. The van der Waals surface area contributed by atoms with E-state index in [2.05, 4.69) is 34.4 Å². The quantitative estimate of drug-likeness (QED) is 0.420. The Kier molecular flexibility index (Phi) is 8.62. The zero-order chi connectivity index (χ0) is 14.8. The summed E-state index contributed by atoms with van der Waals surface area (Å²) in [4.78, 5) is 6.82. The van der Waals surface area contributed by atoms with E-state index in [1.165, 1.54) is 25.9 Å². The summed E-state index contributed by atoms with van der Waals surface area (Å²) in [6, 6.07) is 0.556. The van der Waals surface area contributed by atoms with Crippen LogP contribution in [0.1, 0.15) is 33.1 Å². The number of likely N-dealkylation sites (tertiary alicyclic amines) is 1. The van der Waals surface area contributed by atoms with Gasteiger partial charge in [0.15, 0.2) is 5.96 Å². The van der Waals surface area contributed by atoms with Crippen LogP contribution in [0.3, 0.4) is 0 Å². The number of rotatable bonds is 7. The Morgan fingerprint density at radius 2 is 2.05 bits per heavy atom. The zero-order valence-electron chi connectivity index (χ0n) is 13.6. The molecule has 0 aromatic rings. The molecule has 118 valence electrons. The Morgan fingerprint density at radius 3 is 2.65 bits per heavy atom. The summed E-state index contributed by atoms with van der Waals surface area (Å²) in [6.07, 6.45) is 3.65. The van der Waals surface area contributed by atoms with Crippen molar-refractivity contribution in [2.75, 3.05) is 46.9 Å². The molecule has 0 aromatic heterocycles. The van der Waals surface area contributed by atoms with Gasteiger partial charge in [-0.1, -0.05) is 6.92 Å². The van der Waals surface area contributed by atoms with E-state index in [-0.39, 0.29) is 0 Å². The highest BCUT2D eigenvalue weighted by Gasteiger charge is 2.20.